The number of hydrogen-bond acceptors (Lipinski definition) is 4. The Morgan fingerprint density at radius 1 is 1.08 bits per heavy atom. The number of thiazole rings is 1. The number of rotatable bonds is 4. The van der Waals surface area contributed by atoms with Crippen LogP contribution >= 0.6 is 22.9 Å². The molecule has 6 heteroatoms. The van der Waals surface area contributed by atoms with Crippen molar-refractivity contribution in [3.63, 3.8) is 0 Å². The van der Waals surface area contributed by atoms with Gasteiger partial charge in [0.05, 0.1) is 10.7 Å². The fraction of sp³-hybridized carbons (Fsp3) is 0.105. The summed E-state index contributed by atoms with van der Waals surface area (Å²) in [5.74, 6) is -0.246. The van der Waals surface area contributed by atoms with Crippen LogP contribution in [0, 0.1) is 6.92 Å². The maximum Gasteiger partial charge on any atom is 0.267 e. The third-order valence-electron chi connectivity index (χ3n) is 3.66. The summed E-state index contributed by atoms with van der Waals surface area (Å²) in [6.07, 6.45) is 0. The minimum absolute atomic E-state index is 0.0134. The Kier molecular flexibility index (Phi) is 4.97. The van der Waals surface area contributed by atoms with Gasteiger partial charge in [0.1, 0.15) is 9.88 Å². The number of nitrogens with one attached hydrogen (secondary N) is 1. The average molecular weight is 371 g/mol. The summed E-state index contributed by atoms with van der Waals surface area (Å²) < 4.78 is 0. The van der Waals surface area contributed by atoms with Gasteiger partial charge in [-0.05, 0) is 44.2 Å². The van der Waals surface area contributed by atoms with Gasteiger partial charge in [-0.1, -0.05) is 29.8 Å². The molecule has 2 aromatic carbocycles. The monoisotopic (exact) mass is 370 g/mol. The molecule has 1 N–H and O–H groups in total. The van der Waals surface area contributed by atoms with E-state index in [9.17, 15) is 9.59 Å². The predicted octanol–water partition coefficient (Wildman–Crippen LogP) is 5.23. The third-order valence-corrected chi connectivity index (χ3v) is 5.18. The van der Waals surface area contributed by atoms with Crippen LogP contribution in [0.3, 0.4) is 0 Å². The summed E-state index contributed by atoms with van der Waals surface area (Å²) in [4.78, 5) is 28.9. The quantitative estimate of drug-likeness (QED) is 0.640. The van der Waals surface area contributed by atoms with E-state index in [1.807, 2.05) is 18.2 Å². The van der Waals surface area contributed by atoms with Crippen LogP contribution in [0.25, 0.3) is 10.6 Å². The number of carbonyl (C=O) groups excluding carboxylic acids is 2. The van der Waals surface area contributed by atoms with E-state index in [1.54, 1.807) is 37.3 Å². The van der Waals surface area contributed by atoms with Crippen LogP contribution in [-0.2, 0) is 0 Å². The second-order valence-corrected chi connectivity index (χ2v) is 6.91. The maximum atomic E-state index is 12.5. The highest BCUT2D eigenvalue weighted by Crippen LogP contribution is 2.33. The lowest BCUT2D eigenvalue weighted by atomic mass is 10.1. The van der Waals surface area contributed by atoms with E-state index >= 15 is 0 Å². The summed E-state index contributed by atoms with van der Waals surface area (Å²) in [5.41, 5.74) is 2.69. The molecule has 0 saturated carbocycles. The summed E-state index contributed by atoms with van der Waals surface area (Å²) >= 11 is 7.51. The molecule has 0 saturated heterocycles. The van der Waals surface area contributed by atoms with Crippen molar-refractivity contribution in [2.75, 3.05) is 5.32 Å². The molecule has 0 bridgehead atoms. The van der Waals surface area contributed by atoms with Crippen LogP contribution in [0.2, 0.25) is 5.02 Å². The van der Waals surface area contributed by atoms with Crippen LogP contribution < -0.4 is 5.32 Å². The van der Waals surface area contributed by atoms with E-state index in [2.05, 4.69) is 10.3 Å². The van der Waals surface area contributed by atoms with Crippen molar-refractivity contribution >= 4 is 40.3 Å². The SMILES string of the molecule is CC(=O)c1ccc(NC(=O)c2sc(-c3ccccc3Cl)nc2C)cc1. The Morgan fingerprint density at radius 2 is 1.76 bits per heavy atom. The maximum absolute atomic E-state index is 12.5. The van der Waals surface area contributed by atoms with Gasteiger partial charge < -0.3 is 5.32 Å². The molecule has 0 atom stereocenters. The Labute approximate surface area is 154 Å². The first kappa shape index (κ1) is 17.3. The summed E-state index contributed by atoms with van der Waals surface area (Å²) in [6.45, 7) is 3.30. The third kappa shape index (κ3) is 3.78. The Balaban J connectivity index is 1.83. The number of Topliss-reactive ketones (excluding diaryl/α,β-unsaturated/α-hetero) is 1. The van der Waals surface area contributed by atoms with E-state index in [-0.39, 0.29) is 11.7 Å². The zero-order valence-electron chi connectivity index (χ0n) is 13.7. The lowest BCUT2D eigenvalue weighted by Gasteiger charge is -2.04. The molecule has 3 rings (SSSR count). The van der Waals surface area contributed by atoms with E-state index in [1.165, 1.54) is 18.3 Å². The number of carbonyl (C=O) groups is 2. The minimum Gasteiger partial charge on any atom is -0.321 e. The highest BCUT2D eigenvalue weighted by Gasteiger charge is 2.17. The van der Waals surface area contributed by atoms with Crippen LogP contribution in [-0.4, -0.2) is 16.7 Å². The van der Waals surface area contributed by atoms with Crippen LogP contribution in [0.15, 0.2) is 48.5 Å². The number of aromatic nitrogens is 1. The molecule has 3 aromatic rings. The number of aryl methyl sites for hydroxylation is 1. The van der Waals surface area contributed by atoms with E-state index in [4.69, 9.17) is 11.6 Å². The summed E-state index contributed by atoms with van der Waals surface area (Å²) in [6, 6.07) is 14.2. The molecular weight excluding hydrogens is 356 g/mol. The van der Waals surface area contributed by atoms with Crippen LogP contribution in [0.4, 0.5) is 5.69 Å². The van der Waals surface area contributed by atoms with Crippen molar-refractivity contribution in [2.45, 2.75) is 13.8 Å². The molecule has 0 spiro atoms. The first-order valence-electron chi connectivity index (χ1n) is 7.60. The van der Waals surface area contributed by atoms with Gasteiger partial charge in [-0.15, -0.1) is 11.3 Å². The number of amides is 1. The van der Waals surface area contributed by atoms with Gasteiger partial charge in [-0.25, -0.2) is 4.98 Å². The number of hydrogen-bond donors (Lipinski definition) is 1. The number of anilines is 1. The minimum atomic E-state index is -0.233. The molecule has 0 aliphatic rings. The number of ketones is 1. The molecule has 0 radical (unpaired) electrons. The van der Waals surface area contributed by atoms with Crippen LogP contribution in [0.1, 0.15) is 32.6 Å². The topological polar surface area (TPSA) is 59.1 Å². The van der Waals surface area contributed by atoms with Gasteiger partial charge >= 0.3 is 0 Å². The van der Waals surface area contributed by atoms with E-state index in [0.29, 0.717) is 31.9 Å². The standard InChI is InChI=1S/C19H15ClN2O2S/c1-11-17(25-19(21-11)15-5-3-4-6-16(15)20)18(24)22-14-9-7-13(8-10-14)12(2)23/h3-10H,1-2H3,(H,22,24). The molecule has 1 amide bonds. The van der Waals surface area contributed by atoms with Gasteiger partial charge in [0.2, 0.25) is 0 Å². The lowest BCUT2D eigenvalue weighted by Crippen LogP contribution is -2.11. The van der Waals surface area contributed by atoms with Gasteiger partial charge in [-0.3, -0.25) is 9.59 Å². The van der Waals surface area contributed by atoms with Crippen molar-refractivity contribution in [3.8, 4) is 10.6 Å². The first-order chi connectivity index (χ1) is 12.0. The van der Waals surface area contributed by atoms with Crippen molar-refractivity contribution in [1.82, 2.24) is 4.98 Å². The van der Waals surface area contributed by atoms with Crippen LogP contribution in [0.5, 0.6) is 0 Å². The molecule has 126 valence electrons. The van der Waals surface area contributed by atoms with E-state index < -0.39 is 0 Å². The molecule has 0 unspecified atom stereocenters. The second-order valence-electron chi connectivity index (χ2n) is 5.50. The lowest BCUT2D eigenvalue weighted by molar-refractivity contribution is 0.101. The molecule has 1 aromatic heterocycles. The largest absolute Gasteiger partial charge is 0.321 e. The molecule has 1 heterocycles. The molecule has 0 fully saturated rings. The smallest absolute Gasteiger partial charge is 0.267 e. The highest BCUT2D eigenvalue weighted by molar-refractivity contribution is 7.17. The van der Waals surface area contributed by atoms with Gasteiger partial charge in [0, 0.05) is 16.8 Å². The number of halogens is 1. The number of nitrogens with zero attached hydrogens (tertiary/aromatic N) is 1. The Bertz CT molecular complexity index is 948. The summed E-state index contributed by atoms with van der Waals surface area (Å²) in [5, 5.41) is 4.14. The van der Waals surface area contributed by atoms with Crippen molar-refractivity contribution in [3.05, 3.63) is 69.7 Å². The average Bonchev–Trinajstić information content (AvgIpc) is 2.97. The van der Waals surface area contributed by atoms with Crippen molar-refractivity contribution in [2.24, 2.45) is 0 Å². The Hall–Kier alpha value is -2.50. The fourth-order valence-electron chi connectivity index (χ4n) is 2.33. The van der Waals surface area contributed by atoms with Gasteiger partial charge in [0.25, 0.3) is 5.91 Å². The molecule has 4 nitrogen and oxygen atoms in total. The normalized spacial score (nSPS) is 10.5. The Morgan fingerprint density at radius 3 is 2.40 bits per heavy atom. The zero-order valence-corrected chi connectivity index (χ0v) is 15.2. The second kappa shape index (κ2) is 7.17. The van der Waals surface area contributed by atoms with Gasteiger partial charge in [0.15, 0.2) is 5.78 Å². The zero-order chi connectivity index (χ0) is 18.0. The van der Waals surface area contributed by atoms with E-state index in [0.717, 1.165) is 5.56 Å². The molecule has 0 aliphatic carbocycles. The molecular formula is C19H15ClN2O2S. The fourth-order valence-corrected chi connectivity index (χ4v) is 3.62. The molecule has 0 aliphatic heterocycles. The molecule has 25 heavy (non-hydrogen) atoms. The van der Waals surface area contributed by atoms with Crippen molar-refractivity contribution < 1.29 is 9.59 Å². The number of benzene rings is 2. The first-order valence-corrected chi connectivity index (χ1v) is 8.80. The predicted molar refractivity (Wildman–Crippen MR) is 102 cm³/mol. The van der Waals surface area contributed by atoms with Gasteiger partial charge in [-0.2, -0.15) is 0 Å². The van der Waals surface area contributed by atoms with Crippen molar-refractivity contribution in [1.29, 1.82) is 0 Å². The highest BCUT2D eigenvalue weighted by atomic mass is 35.5. The summed E-state index contributed by atoms with van der Waals surface area (Å²) in [7, 11) is 0.